The molecule has 9 heteroatoms. The molecular formula is C25H20BrClN2O4S. The largest absolute Gasteiger partial charge is 0.478 e. The molecular weight excluding hydrogens is 540 g/mol. The van der Waals surface area contributed by atoms with Crippen LogP contribution >= 0.6 is 39.3 Å². The quantitative estimate of drug-likeness (QED) is 0.197. The molecule has 6 nitrogen and oxygen atoms in total. The second-order valence-electron chi connectivity index (χ2n) is 8.47. The van der Waals surface area contributed by atoms with E-state index < -0.39 is 5.97 Å². The van der Waals surface area contributed by atoms with Gasteiger partial charge in [0.25, 0.3) is 5.69 Å². The van der Waals surface area contributed by atoms with E-state index in [4.69, 9.17) is 11.6 Å². The highest BCUT2D eigenvalue weighted by Gasteiger charge is 2.51. The van der Waals surface area contributed by atoms with Crippen LogP contribution in [0, 0.1) is 16.0 Å². The summed E-state index contributed by atoms with van der Waals surface area (Å²) in [6, 6.07) is 19.7. The first-order valence-electron chi connectivity index (χ1n) is 10.8. The zero-order valence-electron chi connectivity index (χ0n) is 17.7. The first-order chi connectivity index (χ1) is 16.4. The van der Waals surface area contributed by atoms with Crippen molar-refractivity contribution in [3.63, 3.8) is 0 Å². The Kier molecular flexibility index (Phi) is 6.31. The van der Waals surface area contributed by atoms with Gasteiger partial charge in [-0.05, 0) is 41.7 Å². The van der Waals surface area contributed by atoms with Gasteiger partial charge in [0, 0.05) is 21.7 Å². The van der Waals surface area contributed by atoms with E-state index in [0.717, 1.165) is 22.0 Å². The lowest BCUT2D eigenvalue weighted by Gasteiger charge is -2.39. The molecule has 2 N–H and O–H groups in total. The summed E-state index contributed by atoms with van der Waals surface area (Å²) >= 11 is 12.2. The Balaban J connectivity index is 1.59. The van der Waals surface area contributed by atoms with Crippen LogP contribution in [0.4, 0.5) is 11.4 Å². The fraction of sp³-hybridized carbons (Fsp3) is 0.240. The topological polar surface area (TPSA) is 92.5 Å². The Morgan fingerprint density at radius 3 is 2.53 bits per heavy atom. The number of carbonyl (C=O) groups is 1. The number of nitrogens with one attached hydrogen (secondary N) is 1. The van der Waals surface area contributed by atoms with Crippen molar-refractivity contribution in [2.45, 2.75) is 33.9 Å². The van der Waals surface area contributed by atoms with E-state index in [-0.39, 0.29) is 44.7 Å². The lowest BCUT2D eigenvalue weighted by atomic mass is 9.76. The predicted octanol–water partition coefficient (Wildman–Crippen LogP) is 7.09. The molecule has 1 aliphatic heterocycles. The first kappa shape index (κ1) is 23.2. The second kappa shape index (κ2) is 9.24. The molecule has 5 rings (SSSR count). The van der Waals surface area contributed by atoms with E-state index >= 15 is 0 Å². The molecule has 1 heterocycles. The van der Waals surface area contributed by atoms with Crippen molar-refractivity contribution in [1.82, 2.24) is 0 Å². The number of fused-ring (bicyclic) bond motifs is 3. The normalized spacial score (nSPS) is 25.2. The standard InChI is InChI=1S/C25H20BrClN2O4S/c26-17-9-2-1-6-13(17)23-16-12-20(34-19-11-4-3-10-18(19)29(32)33)22(27)21(16)14-7-5-8-15(25(30)31)24(14)28-23/h1-11,16,20-23,28H,12H2,(H,30,31)/t16-,20+,21-,22+,23-/m1/s1. The van der Waals surface area contributed by atoms with Gasteiger partial charge in [0.2, 0.25) is 0 Å². The monoisotopic (exact) mass is 558 g/mol. The number of para-hydroxylation sites is 2. The van der Waals surface area contributed by atoms with Crippen LogP contribution in [0.25, 0.3) is 0 Å². The maximum atomic E-state index is 12.0. The molecule has 174 valence electrons. The van der Waals surface area contributed by atoms with Gasteiger partial charge < -0.3 is 10.4 Å². The molecule has 0 amide bonds. The molecule has 1 saturated carbocycles. The number of nitrogens with zero attached hydrogens (tertiary/aromatic N) is 1. The second-order valence-corrected chi connectivity index (χ2v) is 11.1. The van der Waals surface area contributed by atoms with E-state index in [1.165, 1.54) is 17.8 Å². The molecule has 0 bridgehead atoms. The van der Waals surface area contributed by atoms with Crippen molar-refractivity contribution in [2.75, 3.05) is 5.32 Å². The summed E-state index contributed by atoms with van der Waals surface area (Å²) in [6.45, 7) is 0. The maximum absolute atomic E-state index is 12.0. The van der Waals surface area contributed by atoms with Crippen LogP contribution < -0.4 is 5.32 Å². The molecule has 0 saturated heterocycles. The lowest BCUT2D eigenvalue weighted by Crippen LogP contribution is -2.32. The van der Waals surface area contributed by atoms with E-state index in [0.29, 0.717) is 10.6 Å². The number of aromatic carboxylic acids is 1. The number of halogens is 2. The molecule has 0 radical (unpaired) electrons. The van der Waals surface area contributed by atoms with Gasteiger partial charge in [-0.25, -0.2) is 4.79 Å². The fourth-order valence-corrected chi connectivity index (χ4v) is 7.70. The van der Waals surface area contributed by atoms with Crippen molar-refractivity contribution >= 4 is 56.6 Å². The van der Waals surface area contributed by atoms with Crippen molar-refractivity contribution in [2.24, 2.45) is 5.92 Å². The Bertz CT molecular complexity index is 1290. The summed E-state index contributed by atoms with van der Waals surface area (Å²) in [6.07, 6.45) is 0.727. The summed E-state index contributed by atoms with van der Waals surface area (Å²) in [7, 11) is 0. The summed E-state index contributed by atoms with van der Waals surface area (Å²) in [4.78, 5) is 23.8. The summed E-state index contributed by atoms with van der Waals surface area (Å²) in [5.41, 5.74) is 2.80. The Morgan fingerprint density at radius 1 is 1.09 bits per heavy atom. The van der Waals surface area contributed by atoms with E-state index in [1.54, 1.807) is 30.3 Å². The molecule has 0 unspecified atom stereocenters. The first-order valence-corrected chi connectivity index (χ1v) is 12.9. The van der Waals surface area contributed by atoms with Crippen LogP contribution in [0.2, 0.25) is 0 Å². The summed E-state index contributed by atoms with van der Waals surface area (Å²) in [5, 5.41) is 24.5. The molecule has 0 aromatic heterocycles. The molecule has 1 fully saturated rings. The lowest BCUT2D eigenvalue weighted by molar-refractivity contribution is -0.387. The SMILES string of the molecule is O=C(O)c1cccc2c1N[C@H](c1ccccc1Br)[C@@H]1C[C@H](Sc3ccccc3[N+](=O)[O-])[C@H](Cl)[C@H]21. The molecule has 2 aliphatic rings. The zero-order valence-corrected chi connectivity index (χ0v) is 20.9. The molecule has 0 spiro atoms. The van der Waals surface area contributed by atoms with Crippen LogP contribution in [0.15, 0.2) is 76.1 Å². The molecule has 5 atom stereocenters. The highest BCUT2D eigenvalue weighted by Crippen LogP contribution is 2.59. The van der Waals surface area contributed by atoms with Gasteiger partial charge in [0.05, 0.1) is 32.5 Å². The fourth-order valence-electron chi connectivity index (χ4n) is 5.23. The molecule has 3 aromatic carbocycles. The summed E-state index contributed by atoms with van der Waals surface area (Å²) in [5.74, 6) is -1.02. The van der Waals surface area contributed by atoms with Gasteiger partial charge >= 0.3 is 5.97 Å². The third-order valence-electron chi connectivity index (χ3n) is 6.66. The molecule has 34 heavy (non-hydrogen) atoms. The minimum atomic E-state index is -0.997. The van der Waals surface area contributed by atoms with E-state index in [1.807, 2.05) is 30.3 Å². The van der Waals surface area contributed by atoms with Crippen LogP contribution in [-0.2, 0) is 0 Å². The average molecular weight is 560 g/mol. The number of alkyl halides is 1. The number of nitro groups is 1. The van der Waals surface area contributed by atoms with E-state index in [9.17, 15) is 20.0 Å². The highest BCUT2D eigenvalue weighted by atomic mass is 79.9. The minimum Gasteiger partial charge on any atom is -0.478 e. The summed E-state index contributed by atoms with van der Waals surface area (Å²) < 4.78 is 0.934. The number of nitro benzene ring substituents is 1. The van der Waals surface area contributed by atoms with Crippen molar-refractivity contribution in [3.8, 4) is 0 Å². The van der Waals surface area contributed by atoms with Crippen LogP contribution in [0.3, 0.4) is 0 Å². The Labute approximate surface area is 214 Å². The number of carboxylic acids is 1. The maximum Gasteiger partial charge on any atom is 0.337 e. The van der Waals surface area contributed by atoms with Gasteiger partial charge in [-0.2, -0.15) is 0 Å². The van der Waals surface area contributed by atoms with Crippen LogP contribution in [-0.4, -0.2) is 26.6 Å². The van der Waals surface area contributed by atoms with Gasteiger partial charge in [-0.1, -0.05) is 58.4 Å². The van der Waals surface area contributed by atoms with Crippen molar-refractivity contribution in [3.05, 3.63) is 98.0 Å². The van der Waals surface area contributed by atoms with Crippen molar-refractivity contribution < 1.29 is 14.8 Å². The number of hydrogen-bond acceptors (Lipinski definition) is 5. The number of rotatable bonds is 5. The van der Waals surface area contributed by atoms with Gasteiger partial charge in [0.1, 0.15) is 0 Å². The third kappa shape index (κ3) is 3.97. The van der Waals surface area contributed by atoms with Gasteiger partial charge in [-0.15, -0.1) is 23.4 Å². The zero-order chi connectivity index (χ0) is 24.0. The number of benzene rings is 3. The number of hydrogen-bond donors (Lipinski definition) is 2. The predicted molar refractivity (Wildman–Crippen MR) is 137 cm³/mol. The average Bonchev–Trinajstić information content (AvgIpc) is 3.15. The van der Waals surface area contributed by atoms with Crippen LogP contribution in [0.5, 0.6) is 0 Å². The smallest absolute Gasteiger partial charge is 0.337 e. The number of anilines is 1. The Hall–Kier alpha value is -2.55. The number of thioether (sulfide) groups is 1. The van der Waals surface area contributed by atoms with Gasteiger partial charge in [0.15, 0.2) is 0 Å². The van der Waals surface area contributed by atoms with Gasteiger partial charge in [-0.3, -0.25) is 10.1 Å². The number of carboxylic acid groups (broad SMARTS) is 1. The van der Waals surface area contributed by atoms with E-state index in [2.05, 4.69) is 21.2 Å². The Morgan fingerprint density at radius 2 is 1.79 bits per heavy atom. The minimum absolute atomic E-state index is 0.0697. The van der Waals surface area contributed by atoms with Crippen LogP contribution in [0.1, 0.15) is 39.9 Å². The molecule has 1 aliphatic carbocycles. The third-order valence-corrected chi connectivity index (χ3v) is 9.49. The van der Waals surface area contributed by atoms with Crippen molar-refractivity contribution in [1.29, 1.82) is 0 Å². The highest BCUT2D eigenvalue weighted by molar-refractivity contribution is 9.10. The molecule has 3 aromatic rings.